The third-order valence-corrected chi connectivity index (χ3v) is 4.00. The molecule has 0 fully saturated rings. The van der Waals surface area contributed by atoms with Crippen LogP contribution in [-0.2, 0) is 11.2 Å². The van der Waals surface area contributed by atoms with Gasteiger partial charge in [-0.1, -0.05) is 6.07 Å². The van der Waals surface area contributed by atoms with Gasteiger partial charge in [0.05, 0.1) is 12.2 Å². The van der Waals surface area contributed by atoms with Crippen LogP contribution in [0, 0.1) is 0 Å². The van der Waals surface area contributed by atoms with E-state index in [9.17, 15) is 5.11 Å². The average molecular weight is 264 g/mol. The van der Waals surface area contributed by atoms with E-state index in [0.29, 0.717) is 6.61 Å². The fourth-order valence-corrected chi connectivity index (χ4v) is 2.83. The Hall–Kier alpha value is -0.970. The predicted molar refractivity (Wildman–Crippen MR) is 75.3 cm³/mol. The Morgan fingerprint density at radius 1 is 1.53 bits per heavy atom. The molecule has 106 valence electrons. The summed E-state index contributed by atoms with van der Waals surface area (Å²) in [6, 6.07) is 4.09. The lowest BCUT2D eigenvalue weighted by atomic mass is 9.84. The molecule has 2 atom stereocenters. The van der Waals surface area contributed by atoms with Gasteiger partial charge in [0.15, 0.2) is 0 Å². The summed E-state index contributed by atoms with van der Waals surface area (Å²) in [5, 5.41) is 14.0. The summed E-state index contributed by atoms with van der Waals surface area (Å²) in [4.78, 5) is 4.46. The third kappa shape index (κ3) is 3.53. The zero-order valence-corrected chi connectivity index (χ0v) is 11.9. The van der Waals surface area contributed by atoms with E-state index in [4.69, 9.17) is 4.74 Å². The van der Waals surface area contributed by atoms with Crippen LogP contribution in [0.4, 0.5) is 0 Å². The van der Waals surface area contributed by atoms with Crippen LogP contribution in [0.15, 0.2) is 18.3 Å². The van der Waals surface area contributed by atoms with Crippen LogP contribution in [0.5, 0.6) is 0 Å². The maximum Gasteiger partial charge on any atom is 0.0715 e. The third-order valence-electron chi connectivity index (χ3n) is 4.00. The smallest absolute Gasteiger partial charge is 0.0715 e. The molecule has 1 heterocycles. The topological polar surface area (TPSA) is 54.4 Å². The summed E-state index contributed by atoms with van der Waals surface area (Å²) in [7, 11) is 1.69. The van der Waals surface area contributed by atoms with E-state index in [1.807, 2.05) is 19.2 Å². The number of rotatable bonds is 7. The number of methoxy groups -OCH3 is 1. The zero-order chi connectivity index (χ0) is 13.7. The Bertz CT molecular complexity index is 407. The van der Waals surface area contributed by atoms with Crippen LogP contribution in [0.3, 0.4) is 0 Å². The first kappa shape index (κ1) is 14.4. The first-order valence-corrected chi connectivity index (χ1v) is 7.01. The molecule has 0 amide bonds. The standard InChI is InChI=1S/C15H24N2O2/c1-15(18,7-9-16-10-11-19-2)13-6-5-12-4-3-8-17-14(12)13/h3-4,8,13,16,18H,5-7,9-11H2,1-2H3. The van der Waals surface area contributed by atoms with Crippen molar-refractivity contribution in [3.8, 4) is 0 Å². The van der Waals surface area contributed by atoms with Crippen LogP contribution >= 0.6 is 0 Å². The van der Waals surface area contributed by atoms with E-state index in [-0.39, 0.29) is 5.92 Å². The minimum absolute atomic E-state index is 0.160. The molecule has 1 aliphatic carbocycles. The Morgan fingerprint density at radius 2 is 2.37 bits per heavy atom. The molecule has 0 radical (unpaired) electrons. The van der Waals surface area contributed by atoms with Gasteiger partial charge in [0.25, 0.3) is 0 Å². The minimum atomic E-state index is -0.695. The van der Waals surface area contributed by atoms with E-state index < -0.39 is 5.60 Å². The average Bonchev–Trinajstić information content (AvgIpc) is 2.83. The monoisotopic (exact) mass is 264 g/mol. The Morgan fingerprint density at radius 3 is 3.16 bits per heavy atom. The summed E-state index contributed by atoms with van der Waals surface area (Å²) in [5.74, 6) is 0.160. The van der Waals surface area contributed by atoms with Gasteiger partial charge in [0.2, 0.25) is 0 Å². The summed E-state index contributed by atoms with van der Waals surface area (Å²) < 4.78 is 4.99. The summed E-state index contributed by atoms with van der Waals surface area (Å²) in [6.07, 6.45) is 4.58. The molecule has 0 aliphatic heterocycles. The van der Waals surface area contributed by atoms with Gasteiger partial charge in [-0.2, -0.15) is 0 Å². The number of aromatic nitrogens is 1. The molecule has 0 saturated heterocycles. The fourth-order valence-electron chi connectivity index (χ4n) is 2.83. The second-order valence-corrected chi connectivity index (χ2v) is 5.49. The van der Waals surface area contributed by atoms with E-state index in [2.05, 4.69) is 16.4 Å². The van der Waals surface area contributed by atoms with E-state index in [1.54, 1.807) is 7.11 Å². The second-order valence-electron chi connectivity index (χ2n) is 5.49. The molecule has 1 aliphatic rings. The van der Waals surface area contributed by atoms with E-state index in [1.165, 1.54) is 5.56 Å². The lowest BCUT2D eigenvalue weighted by molar-refractivity contribution is 0.0212. The first-order chi connectivity index (χ1) is 9.15. The van der Waals surface area contributed by atoms with Crippen LogP contribution < -0.4 is 5.32 Å². The number of aryl methyl sites for hydroxylation is 1. The highest BCUT2D eigenvalue weighted by molar-refractivity contribution is 5.30. The molecule has 2 rings (SSSR count). The number of hydrogen-bond acceptors (Lipinski definition) is 4. The maximum absolute atomic E-state index is 10.7. The molecule has 0 aromatic carbocycles. The van der Waals surface area contributed by atoms with Gasteiger partial charge >= 0.3 is 0 Å². The van der Waals surface area contributed by atoms with E-state index in [0.717, 1.165) is 38.0 Å². The summed E-state index contributed by atoms with van der Waals surface area (Å²) in [5.41, 5.74) is 1.68. The minimum Gasteiger partial charge on any atom is -0.389 e. The fraction of sp³-hybridized carbons (Fsp3) is 0.667. The van der Waals surface area contributed by atoms with Gasteiger partial charge < -0.3 is 15.2 Å². The Balaban J connectivity index is 1.90. The lowest BCUT2D eigenvalue weighted by Gasteiger charge is -2.30. The Labute approximate surface area is 115 Å². The van der Waals surface area contributed by atoms with Gasteiger partial charge in [-0.25, -0.2) is 0 Å². The maximum atomic E-state index is 10.7. The SMILES string of the molecule is COCCNCCC(C)(O)C1CCc2cccnc21. The highest BCUT2D eigenvalue weighted by Gasteiger charge is 2.37. The molecule has 4 heteroatoms. The van der Waals surface area contributed by atoms with Crippen molar-refractivity contribution in [1.82, 2.24) is 10.3 Å². The van der Waals surface area contributed by atoms with Crippen LogP contribution in [0.1, 0.15) is 36.9 Å². The normalized spacial score (nSPS) is 21.1. The molecule has 0 bridgehead atoms. The summed E-state index contributed by atoms with van der Waals surface area (Å²) >= 11 is 0. The molecular weight excluding hydrogens is 240 g/mol. The second kappa shape index (κ2) is 6.46. The molecule has 2 N–H and O–H groups in total. The van der Waals surface area contributed by atoms with Gasteiger partial charge in [-0.15, -0.1) is 0 Å². The van der Waals surface area contributed by atoms with Crippen molar-refractivity contribution in [2.75, 3.05) is 26.8 Å². The number of nitrogens with zero attached hydrogens (tertiary/aromatic N) is 1. The van der Waals surface area contributed by atoms with Crippen molar-refractivity contribution in [2.45, 2.75) is 37.7 Å². The number of aliphatic hydroxyl groups is 1. The molecular formula is C15H24N2O2. The highest BCUT2D eigenvalue weighted by atomic mass is 16.5. The molecule has 2 unspecified atom stereocenters. The van der Waals surface area contributed by atoms with Gasteiger partial charge in [0.1, 0.15) is 0 Å². The molecule has 1 aromatic heterocycles. The quantitative estimate of drug-likeness (QED) is 0.733. The van der Waals surface area contributed by atoms with Crippen molar-refractivity contribution < 1.29 is 9.84 Å². The van der Waals surface area contributed by atoms with Crippen LogP contribution in [0.25, 0.3) is 0 Å². The highest BCUT2D eigenvalue weighted by Crippen LogP contribution is 2.40. The Kier molecular flexibility index (Phi) is 4.91. The van der Waals surface area contributed by atoms with Crippen molar-refractivity contribution in [1.29, 1.82) is 0 Å². The van der Waals surface area contributed by atoms with Crippen molar-refractivity contribution in [3.05, 3.63) is 29.6 Å². The van der Waals surface area contributed by atoms with Gasteiger partial charge in [0, 0.05) is 31.5 Å². The number of ether oxygens (including phenoxy) is 1. The number of nitrogens with one attached hydrogen (secondary N) is 1. The zero-order valence-electron chi connectivity index (χ0n) is 11.9. The molecule has 0 spiro atoms. The van der Waals surface area contributed by atoms with Crippen LogP contribution in [-0.4, -0.2) is 42.5 Å². The molecule has 1 aromatic rings. The molecule has 0 saturated carbocycles. The number of hydrogen-bond donors (Lipinski definition) is 2. The largest absolute Gasteiger partial charge is 0.389 e. The van der Waals surface area contributed by atoms with Crippen molar-refractivity contribution in [3.63, 3.8) is 0 Å². The van der Waals surface area contributed by atoms with E-state index >= 15 is 0 Å². The van der Waals surface area contributed by atoms with Gasteiger partial charge in [-0.3, -0.25) is 4.98 Å². The van der Waals surface area contributed by atoms with Crippen molar-refractivity contribution in [2.24, 2.45) is 0 Å². The molecule has 4 nitrogen and oxygen atoms in total. The number of pyridine rings is 1. The predicted octanol–water partition coefficient (Wildman–Crippen LogP) is 1.49. The first-order valence-electron chi connectivity index (χ1n) is 7.01. The molecule has 19 heavy (non-hydrogen) atoms. The summed E-state index contributed by atoms with van der Waals surface area (Å²) in [6.45, 7) is 4.26. The van der Waals surface area contributed by atoms with Crippen molar-refractivity contribution >= 4 is 0 Å². The number of fused-ring (bicyclic) bond motifs is 1. The lowest BCUT2D eigenvalue weighted by Crippen LogP contribution is -2.36. The van der Waals surface area contributed by atoms with Gasteiger partial charge in [-0.05, 0) is 44.4 Å². The van der Waals surface area contributed by atoms with Crippen LogP contribution in [0.2, 0.25) is 0 Å².